The van der Waals surface area contributed by atoms with Crippen molar-refractivity contribution in [3.05, 3.63) is 23.8 Å². The van der Waals surface area contributed by atoms with Gasteiger partial charge < -0.3 is 14.9 Å². The Labute approximate surface area is 111 Å². The molecule has 0 aliphatic carbocycles. The van der Waals surface area contributed by atoms with E-state index in [1.807, 2.05) is 12.1 Å². The van der Waals surface area contributed by atoms with Gasteiger partial charge in [-0.1, -0.05) is 0 Å². The molecule has 3 rings (SSSR count). The molecule has 2 heterocycles. The molecule has 1 aromatic rings. The van der Waals surface area contributed by atoms with E-state index in [4.69, 9.17) is 0 Å². The van der Waals surface area contributed by atoms with E-state index in [-0.39, 0.29) is 6.10 Å². The average molecular weight is 260 g/mol. The number of hydrogen-bond acceptors (Lipinski definition) is 4. The summed E-state index contributed by atoms with van der Waals surface area (Å²) in [5.41, 5.74) is 2.16. The number of hydrogen-bond donors (Lipinski definition) is 1. The van der Waals surface area contributed by atoms with Crippen LogP contribution in [0.4, 0.5) is 11.4 Å². The second kappa shape index (κ2) is 4.35. The maximum Gasteiger partial charge on any atom is 0.299 e. The van der Waals surface area contributed by atoms with E-state index in [2.05, 4.69) is 4.90 Å². The first-order valence-corrected chi connectivity index (χ1v) is 6.47. The van der Waals surface area contributed by atoms with Gasteiger partial charge in [0, 0.05) is 25.8 Å². The molecular formula is C14H16N2O3. The van der Waals surface area contributed by atoms with Crippen LogP contribution in [0, 0.1) is 0 Å². The highest BCUT2D eigenvalue weighted by Gasteiger charge is 2.33. The number of nitrogens with zero attached hydrogens (tertiary/aromatic N) is 2. The number of rotatable bonds is 1. The standard InChI is InChI=1S/C14H16N2O3/c1-15-12-8-9(16-6-4-10(17)5-7-16)2-3-11(12)13(18)14(15)19/h2-3,8,10,17H,4-7H2,1H3. The van der Waals surface area contributed by atoms with Crippen LogP contribution in [0.2, 0.25) is 0 Å². The number of carbonyl (C=O) groups is 2. The van der Waals surface area contributed by atoms with Gasteiger partial charge in [0.25, 0.3) is 11.7 Å². The summed E-state index contributed by atoms with van der Waals surface area (Å²) in [5.74, 6) is -0.903. The molecule has 2 aliphatic rings. The third-order valence-electron chi connectivity index (χ3n) is 3.92. The molecule has 0 unspecified atom stereocenters. The summed E-state index contributed by atoms with van der Waals surface area (Å²) in [6.45, 7) is 1.59. The number of amides is 1. The molecule has 0 bridgehead atoms. The van der Waals surface area contributed by atoms with Gasteiger partial charge in [-0.05, 0) is 31.0 Å². The number of aliphatic hydroxyl groups is 1. The van der Waals surface area contributed by atoms with Gasteiger partial charge >= 0.3 is 0 Å². The fourth-order valence-electron chi connectivity index (χ4n) is 2.69. The van der Waals surface area contributed by atoms with E-state index in [1.54, 1.807) is 13.1 Å². The van der Waals surface area contributed by atoms with Gasteiger partial charge in [-0.25, -0.2) is 0 Å². The average Bonchev–Trinajstić information content (AvgIpc) is 2.64. The fourth-order valence-corrected chi connectivity index (χ4v) is 2.69. The van der Waals surface area contributed by atoms with Gasteiger partial charge in [-0.15, -0.1) is 0 Å². The van der Waals surface area contributed by atoms with Gasteiger partial charge in [0.15, 0.2) is 0 Å². The molecule has 19 heavy (non-hydrogen) atoms. The second-order valence-corrected chi connectivity index (χ2v) is 5.11. The largest absolute Gasteiger partial charge is 0.393 e. The quantitative estimate of drug-likeness (QED) is 0.759. The summed E-state index contributed by atoms with van der Waals surface area (Å²) in [6.07, 6.45) is 1.30. The Morgan fingerprint density at radius 2 is 1.89 bits per heavy atom. The number of piperidine rings is 1. The Kier molecular flexibility index (Phi) is 2.78. The van der Waals surface area contributed by atoms with Crippen molar-refractivity contribution >= 4 is 23.1 Å². The Balaban J connectivity index is 1.91. The van der Waals surface area contributed by atoms with Crippen molar-refractivity contribution in [1.82, 2.24) is 0 Å². The lowest BCUT2D eigenvalue weighted by molar-refractivity contribution is -0.114. The highest BCUT2D eigenvalue weighted by atomic mass is 16.3. The summed E-state index contributed by atoms with van der Waals surface area (Å²) in [6, 6.07) is 5.48. The normalized spacial score (nSPS) is 20.1. The van der Waals surface area contributed by atoms with E-state index < -0.39 is 11.7 Å². The summed E-state index contributed by atoms with van der Waals surface area (Å²) in [5, 5.41) is 9.52. The van der Waals surface area contributed by atoms with Crippen molar-refractivity contribution in [2.45, 2.75) is 18.9 Å². The van der Waals surface area contributed by atoms with Crippen molar-refractivity contribution in [2.24, 2.45) is 0 Å². The predicted octanol–water partition coefficient (Wildman–Crippen LogP) is 0.807. The predicted molar refractivity (Wildman–Crippen MR) is 71.6 cm³/mol. The van der Waals surface area contributed by atoms with Crippen molar-refractivity contribution in [2.75, 3.05) is 29.9 Å². The zero-order chi connectivity index (χ0) is 13.6. The van der Waals surface area contributed by atoms with Crippen LogP contribution >= 0.6 is 0 Å². The number of carbonyl (C=O) groups excluding carboxylic acids is 2. The zero-order valence-electron chi connectivity index (χ0n) is 10.8. The lowest BCUT2D eigenvalue weighted by Crippen LogP contribution is -2.35. The number of anilines is 2. The smallest absolute Gasteiger partial charge is 0.299 e. The van der Waals surface area contributed by atoms with Crippen molar-refractivity contribution < 1.29 is 14.7 Å². The third kappa shape index (κ3) is 1.90. The molecular weight excluding hydrogens is 244 g/mol. The monoisotopic (exact) mass is 260 g/mol. The number of ketones is 1. The van der Waals surface area contributed by atoms with Crippen LogP contribution in [0.15, 0.2) is 18.2 Å². The number of fused-ring (bicyclic) bond motifs is 1. The minimum absolute atomic E-state index is 0.212. The van der Waals surface area contributed by atoms with Crippen LogP contribution in [-0.2, 0) is 4.79 Å². The van der Waals surface area contributed by atoms with Gasteiger partial charge in [0.05, 0.1) is 17.4 Å². The van der Waals surface area contributed by atoms with Crippen LogP contribution in [-0.4, -0.2) is 43.0 Å². The Bertz CT molecular complexity index is 548. The lowest BCUT2D eigenvalue weighted by Gasteiger charge is -2.31. The van der Waals surface area contributed by atoms with Gasteiger partial charge in [0.2, 0.25) is 0 Å². The molecule has 2 aliphatic heterocycles. The molecule has 5 heteroatoms. The van der Waals surface area contributed by atoms with E-state index in [0.717, 1.165) is 31.6 Å². The number of likely N-dealkylation sites (N-methyl/N-ethyl adjacent to an activating group) is 1. The first-order valence-electron chi connectivity index (χ1n) is 6.47. The Morgan fingerprint density at radius 3 is 2.58 bits per heavy atom. The van der Waals surface area contributed by atoms with Crippen molar-refractivity contribution in [3.63, 3.8) is 0 Å². The van der Waals surface area contributed by atoms with E-state index >= 15 is 0 Å². The molecule has 5 nitrogen and oxygen atoms in total. The van der Waals surface area contributed by atoms with E-state index in [1.165, 1.54) is 4.90 Å². The maximum absolute atomic E-state index is 11.7. The Hall–Kier alpha value is -1.88. The molecule has 0 aromatic heterocycles. The van der Waals surface area contributed by atoms with Gasteiger partial charge in [0.1, 0.15) is 0 Å². The first kappa shape index (κ1) is 12.2. The number of aliphatic hydroxyl groups excluding tert-OH is 1. The third-order valence-corrected chi connectivity index (χ3v) is 3.92. The SMILES string of the molecule is CN1C(=O)C(=O)c2ccc(N3CCC(O)CC3)cc21. The zero-order valence-corrected chi connectivity index (χ0v) is 10.8. The first-order chi connectivity index (χ1) is 9.08. The van der Waals surface area contributed by atoms with E-state index in [0.29, 0.717) is 11.3 Å². The summed E-state index contributed by atoms with van der Waals surface area (Å²) >= 11 is 0. The van der Waals surface area contributed by atoms with Crippen LogP contribution < -0.4 is 9.80 Å². The van der Waals surface area contributed by atoms with Crippen LogP contribution in [0.5, 0.6) is 0 Å². The summed E-state index contributed by atoms with van der Waals surface area (Å²) in [4.78, 5) is 26.9. The minimum Gasteiger partial charge on any atom is -0.393 e. The molecule has 100 valence electrons. The van der Waals surface area contributed by atoms with Gasteiger partial charge in [-0.3, -0.25) is 9.59 Å². The number of Topliss-reactive ketones (excluding diaryl/α,β-unsaturated/α-hetero) is 1. The van der Waals surface area contributed by atoms with Crippen molar-refractivity contribution in [1.29, 1.82) is 0 Å². The highest BCUT2D eigenvalue weighted by Crippen LogP contribution is 2.32. The minimum atomic E-state index is -0.471. The summed E-state index contributed by atoms with van der Waals surface area (Å²) in [7, 11) is 1.62. The molecule has 0 atom stereocenters. The molecule has 1 amide bonds. The summed E-state index contributed by atoms with van der Waals surface area (Å²) < 4.78 is 0. The fraction of sp³-hybridized carbons (Fsp3) is 0.429. The Morgan fingerprint density at radius 1 is 1.21 bits per heavy atom. The topological polar surface area (TPSA) is 60.9 Å². The maximum atomic E-state index is 11.7. The molecule has 1 fully saturated rings. The molecule has 1 saturated heterocycles. The molecule has 0 saturated carbocycles. The second-order valence-electron chi connectivity index (χ2n) is 5.11. The molecule has 0 radical (unpaired) electrons. The van der Waals surface area contributed by atoms with Gasteiger partial charge in [-0.2, -0.15) is 0 Å². The van der Waals surface area contributed by atoms with Crippen molar-refractivity contribution in [3.8, 4) is 0 Å². The van der Waals surface area contributed by atoms with E-state index in [9.17, 15) is 14.7 Å². The van der Waals surface area contributed by atoms with Crippen LogP contribution in [0.25, 0.3) is 0 Å². The van der Waals surface area contributed by atoms with Crippen LogP contribution in [0.1, 0.15) is 23.2 Å². The molecule has 1 N–H and O–H groups in total. The highest BCUT2D eigenvalue weighted by molar-refractivity contribution is 6.52. The molecule has 1 aromatic carbocycles. The molecule has 0 spiro atoms. The van der Waals surface area contributed by atoms with Crippen LogP contribution in [0.3, 0.4) is 0 Å². The number of benzene rings is 1. The lowest BCUT2D eigenvalue weighted by atomic mass is 10.1.